The van der Waals surface area contributed by atoms with Crippen molar-refractivity contribution in [3.05, 3.63) is 43.4 Å². The van der Waals surface area contributed by atoms with E-state index in [0.29, 0.717) is 5.82 Å². The number of aliphatic hydroxyl groups is 2. The number of methoxy groups -OCH3 is 1. The van der Waals surface area contributed by atoms with Crippen molar-refractivity contribution >= 4 is 11.7 Å². The molecule has 0 bridgehead atoms. The molecule has 184 valence electrons. The Morgan fingerprint density at radius 3 is 2.34 bits per heavy atom. The summed E-state index contributed by atoms with van der Waals surface area (Å²) in [5.74, 6) is 0.557. The molecule has 1 aromatic heterocycles. The number of allylic oxidation sites excluding steroid dienone is 1. The van der Waals surface area contributed by atoms with Crippen LogP contribution in [-0.2, 0) is 14.3 Å². The maximum absolute atomic E-state index is 11.0. The van der Waals surface area contributed by atoms with Gasteiger partial charge >= 0.3 is 0 Å². The lowest BCUT2D eigenvalue weighted by atomic mass is 9.91. The second kappa shape index (κ2) is 16.5. The molecule has 1 aliphatic heterocycles. The van der Waals surface area contributed by atoms with E-state index in [-0.39, 0.29) is 24.5 Å². The van der Waals surface area contributed by atoms with Crippen LogP contribution in [0.2, 0.25) is 0 Å². The fraction of sp³-hybridized carbons (Fsp3) is 0.625. The van der Waals surface area contributed by atoms with Crippen molar-refractivity contribution in [2.24, 2.45) is 0 Å². The molecule has 32 heavy (non-hydrogen) atoms. The Hall–Kier alpha value is -2.13. The first kappa shape index (κ1) is 32.1. The van der Waals surface area contributed by atoms with Gasteiger partial charge in [-0.05, 0) is 20.3 Å². The summed E-state index contributed by atoms with van der Waals surface area (Å²) in [6.07, 6.45) is 2.58. The summed E-state index contributed by atoms with van der Waals surface area (Å²) >= 11 is 0. The standard InChI is InChI=1S/C11H15N3O.C9H18O4.C2H6.C2H4/c1-5-7(2)10-8(3)12-6-13-11(10)14-9(4)15;1-4-7-9(2,12-3)8(11)6(5-10)13-7;2*1-2/h5-7H,1H2,2-4H3,(H,12,13,14,15);6-8,10-11H,4-5H2,1-3H3;1-2H3;1-2H2/t;6?,7-,8?,9-;;/m.0../s1. The van der Waals surface area contributed by atoms with Crippen molar-refractivity contribution in [2.45, 2.75) is 84.7 Å². The van der Waals surface area contributed by atoms with Crippen molar-refractivity contribution < 1.29 is 24.5 Å². The monoisotopic (exact) mass is 453 g/mol. The number of nitrogens with one attached hydrogen (secondary N) is 1. The number of aromatic nitrogens is 2. The quantitative estimate of drug-likeness (QED) is 0.562. The minimum Gasteiger partial charge on any atom is -0.394 e. The molecule has 0 radical (unpaired) electrons. The molecule has 2 heterocycles. The van der Waals surface area contributed by atoms with Crippen LogP contribution in [0.5, 0.6) is 0 Å². The van der Waals surface area contributed by atoms with E-state index in [4.69, 9.17) is 14.6 Å². The summed E-state index contributed by atoms with van der Waals surface area (Å²) < 4.78 is 10.7. The molecule has 1 aromatic rings. The molecule has 3 N–H and O–H groups in total. The maximum atomic E-state index is 11.0. The Labute approximate surface area is 193 Å². The molecule has 8 heteroatoms. The van der Waals surface area contributed by atoms with Crippen LogP contribution in [0.25, 0.3) is 0 Å². The number of aliphatic hydroxyl groups excluding tert-OH is 2. The highest BCUT2D eigenvalue weighted by molar-refractivity contribution is 5.88. The molecule has 1 saturated heterocycles. The number of anilines is 1. The lowest BCUT2D eigenvalue weighted by Crippen LogP contribution is -2.47. The third kappa shape index (κ3) is 8.43. The maximum Gasteiger partial charge on any atom is 0.222 e. The van der Waals surface area contributed by atoms with E-state index in [2.05, 4.69) is 35.0 Å². The lowest BCUT2D eigenvalue weighted by molar-refractivity contribution is -0.114. The minimum atomic E-state index is -0.757. The van der Waals surface area contributed by atoms with E-state index in [1.165, 1.54) is 13.3 Å². The SMILES string of the molecule is C=C.C=CC(C)c1c(C)ncnc1NC(C)=O.CC.CC[C@@H]1OC(CO)C(O)[C@@]1(C)OC. The highest BCUT2D eigenvalue weighted by Crippen LogP contribution is 2.35. The molecule has 1 aliphatic rings. The van der Waals surface area contributed by atoms with E-state index >= 15 is 0 Å². The number of hydrogen-bond acceptors (Lipinski definition) is 7. The average Bonchev–Trinajstić information content (AvgIpc) is 3.06. The summed E-state index contributed by atoms with van der Waals surface area (Å²) in [4.78, 5) is 19.2. The van der Waals surface area contributed by atoms with Gasteiger partial charge in [0.25, 0.3) is 0 Å². The normalized spacial score (nSPS) is 24.4. The van der Waals surface area contributed by atoms with E-state index in [9.17, 15) is 9.90 Å². The molecule has 0 aliphatic carbocycles. The Morgan fingerprint density at radius 1 is 1.41 bits per heavy atom. The van der Waals surface area contributed by atoms with Crippen molar-refractivity contribution in [3.63, 3.8) is 0 Å². The van der Waals surface area contributed by atoms with Gasteiger partial charge in [0.05, 0.1) is 12.7 Å². The van der Waals surface area contributed by atoms with E-state index in [1.807, 2.05) is 41.5 Å². The van der Waals surface area contributed by atoms with Crippen LogP contribution in [0.3, 0.4) is 0 Å². The Bertz CT molecular complexity index is 682. The van der Waals surface area contributed by atoms with Crippen molar-refractivity contribution in [2.75, 3.05) is 19.0 Å². The third-order valence-corrected chi connectivity index (χ3v) is 5.09. The highest BCUT2D eigenvalue weighted by atomic mass is 16.6. The molecule has 5 atom stereocenters. The van der Waals surface area contributed by atoms with Crippen LogP contribution in [0.15, 0.2) is 32.1 Å². The van der Waals surface area contributed by atoms with Gasteiger partial charge in [0, 0.05) is 31.2 Å². The summed E-state index contributed by atoms with van der Waals surface area (Å²) in [7, 11) is 1.55. The zero-order valence-electron chi connectivity index (χ0n) is 21.0. The van der Waals surface area contributed by atoms with Gasteiger partial charge in [0.2, 0.25) is 5.91 Å². The van der Waals surface area contributed by atoms with Crippen molar-refractivity contribution in [1.82, 2.24) is 9.97 Å². The number of aryl methyl sites for hydroxylation is 1. The summed E-state index contributed by atoms with van der Waals surface area (Å²) in [6.45, 7) is 22.7. The van der Waals surface area contributed by atoms with Gasteiger partial charge in [-0.3, -0.25) is 4.79 Å². The first-order valence-corrected chi connectivity index (χ1v) is 10.9. The number of rotatable bonds is 6. The second-order valence-corrected chi connectivity index (χ2v) is 7.01. The molecule has 0 spiro atoms. The third-order valence-electron chi connectivity index (χ3n) is 5.09. The minimum absolute atomic E-state index is 0.119. The molecule has 8 nitrogen and oxygen atoms in total. The summed E-state index contributed by atoms with van der Waals surface area (Å²) in [6, 6.07) is 0. The first-order valence-electron chi connectivity index (χ1n) is 10.9. The Balaban J connectivity index is 0. The molecule has 3 unspecified atom stereocenters. The van der Waals surface area contributed by atoms with Gasteiger partial charge in [0.1, 0.15) is 30.0 Å². The fourth-order valence-corrected chi connectivity index (χ4v) is 3.29. The number of amides is 1. The number of carbonyl (C=O) groups excluding carboxylic acids is 1. The zero-order chi connectivity index (χ0) is 25.5. The topological polar surface area (TPSA) is 114 Å². The van der Waals surface area contributed by atoms with E-state index < -0.39 is 17.8 Å². The molecule has 2 rings (SSSR count). The largest absolute Gasteiger partial charge is 0.394 e. The smallest absolute Gasteiger partial charge is 0.222 e. The van der Waals surface area contributed by atoms with Gasteiger partial charge in [-0.15, -0.1) is 19.7 Å². The molecule has 1 fully saturated rings. The first-order chi connectivity index (χ1) is 15.2. The van der Waals surface area contributed by atoms with Gasteiger partial charge in [-0.1, -0.05) is 33.8 Å². The van der Waals surface area contributed by atoms with E-state index in [1.54, 1.807) is 13.2 Å². The fourth-order valence-electron chi connectivity index (χ4n) is 3.29. The summed E-state index contributed by atoms with van der Waals surface area (Å²) in [5, 5.41) is 21.4. The van der Waals surface area contributed by atoms with Crippen LogP contribution >= 0.6 is 0 Å². The van der Waals surface area contributed by atoms with Gasteiger partial charge in [-0.2, -0.15) is 0 Å². The highest BCUT2D eigenvalue weighted by Gasteiger charge is 2.52. The number of nitrogens with zero attached hydrogens (tertiary/aromatic N) is 2. The van der Waals surface area contributed by atoms with Gasteiger partial charge in [-0.25, -0.2) is 9.97 Å². The van der Waals surface area contributed by atoms with Crippen LogP contribution in [-0.4, -0.2) is 63.7 Å². The van der Waals surface area contributed by atoms with Gasteiger partial charge < -0.3 is 25.0 Å². The second-order valence-electron chi connectivity index (χ2n) is 7.01. The van der Waals surface area contributed by atoms with Crippen LogP contribution in [0, 0.1) is 6.92 Å². The summed E-state index contributed by atoms with van der Waals surface area (Å²) in [5.41, 5.74) is 1.09. The predicted molar refractivity (Wildman–Crippen MR) is 130 cm³/mol. The number of carbonyl (C=O) groups is 1. The van der Waals surface area contributed by atoms with Crippen LogP contribution in [0.1, 0.15) is 65.1 Å². The Kier molecular flexibility index (Phi) is 16.5. The molecule has 0 aromatic carbocycles. The van der Waals surface area contributed by atoms with Gasteiger partial charge in [0.15, 0.2) is 0 Å². The van der Waals surface area contributed by atoms with E-state index in [0.717, 1.165) is 17.7 Å². The van der Waals surface area contributed by atoms with Crippen LogP contribution in [0.4, 0.5) is 5.82 Å². The predicted octanol–water partition coefficient (Wildman–Crippen LogP) is 3.78. The molecule has 0 saturated carbocycles. The lowest BCUT2D eigenvalue weighted by Gasteiger charge is -2.30. The Morgan fingerprint density at radius 2 is 1.97 bits per heavy atom. The van der Waals surface area contributed by atoms with Crippen molar-refractivity contribution in [1.29, 1.82) is 0 Å². The number of ether oxygens (including phenoxy) is 2. The number of hydrogen-bond donors (Lipinski definition) is 3. The zero-order valence-corrected chi connectivity index (χ0v) is 21.0. The van der Waals surface area contributed by atoms with Crippen molar-refractivity contribution in [3.8, 4) is 0 Å². The molecular formula is C24H43N3O5. The average molecular weight is 454 g/mol. The molecule has 1 amide bonds. The van der Waals surface area contributed by atoms with Crippen LogP contribution < -0.4 is 5.32 Å². The molecular weight excluding hydrogens is 410 g/mol.